The van der Waals surface area contributed by atoms with Crippen molar-refractivity contribution in [3.05, 3.63) is 34.3 Å². The summed E-state index contributed by atoms with van der Waals surface area (Å²) in [5.41, 5.74) is 1.00. The first-order chi connectivity index (χ1) is 6.84. The molecule has 0 bridgehead atoms. The van der Waals surface area contributed by atoms with Crippen molar-refractivity contribution in [2.45, 2.75) is 19.3 Å². The fourth-order valence-corrected chi connectivity index (χ4v) is 1.36. The van der Waals surface area contributed by atoms with E-state index >= 15 is 0 Å². The minimum absolute atomic E-state index is 0.588. The highest BCUT2D eigenvalue weighted by Crippen LogP contribution is 2.14. The van der Waals surface area contributed by atoms with E-state index in [1.807, 2.05) is 24.3 Å². The molecule has 0 radical (unpaired) electrons. The molecule has 2 heteroatoms. The van der Waals surface area contributed by atoms with Crippen LogP contribution in [0.15, 0.2) is 28.7 Å². The molecule has 0 fully saturated rings. The van der Waals surface area contributed by atoms with Crippen LogP contribution in [-0.2, 0) is 0 Å². The molecule has 14 heavy (non-hydrogen) atoms. The molecule has 1 aromatic rings. The Morgan fingerprint density at radius 3 is 2.71 bits per heavy atom. The molecular weight excluding hydrogens is 238 g/mol. The molecule has 0 unspecified atom stereocenters. The van der Waals surface area contributed by atoms with Crippen LogP contribution in [0.2, 0.25) is 0 Å². The van der Waals surface area contributed by atoms with Crippen molar-refractivity contribution in [2.24, 2.45) is 0 Å². The zero-order valence-corrected chi connectivity index (χ0v) is 9.34. The van der Waals surface area contributed by atoms with Crippen LogP contribution in [0.4, 0.5) is 0 Å². The standard InChI is InChI=1S/C12H10BrN/c13-12-9-5-4-8-11(12)7-3-1-2-6-10-14/h4-5,8-9H,1-2,6H2. The topological polar surface area (TPSA) is 23.8 Å². The molecule has 0 aromatic heterocycles. The average Bonchev–Trinajstić information content (AvgIpc) is 2.20. The van der Waals surface area contributed by atoms with Crippen LogP contribution in [0.1, 0.15) is 24.8 Å². The fraction of sp³-hybridized carbons (Fsp3) is 0.250. The van der Waals surface area contributed by atoms with Gasteiger partial charge in [0.1, 0.15) is 0 Å². The maximum Gasteiger partial charge on any atom is 0.0622 e. The summed E-state index contributed by atoms with van der Waals surface area (Å²) in [6.45, 7) is 0. The third kappa shape index (κ3) is 3.64. The lowest BCUT2D eigenvalue weighted by atomic mass is 10.2. The molecule has 70 valence electrons. The molecule has 0 saturated heterocycles. The summed E-state index contributed by atoms with van der Waals surface area (Å²) in [5.74, 6) is 6.11. The number of nitriles is 1. The van der Waals surface area contributed by atoms with E-state index in [1.165, 1.54) is 0 Å². The molecule has 1 nitrogen and oxygen atoms in total. The Balaban J connectivity index is 2.52. The molecule has 0 aliphatic rings. The highest BCUT2D eigenvalue weighted by atomic mass is 79.9. The first kappa shape index (κ1) is 10.8. The van der Waals surface area contributed by atoms with Gasteiger partial charge in [-0.25, -0.2) is 0 Å². The van der Waals surface area contributed by atoms with Crippen LogP contribution >= 0.6 is 15.9 Å². The first-order valence-corrected chi connectivity index (χ1v) is 5.24. The number of halogens is 1. The Bertz CT molecular complexity index is 393. The minimum Gasteiger partial charge on any atom is -0.198 e. The second kappa shape index (κ2) is 6.24. The van der Waals surface area contributed by atoms with Gasteiger partial charge >= 0.3 is 0 Å². The second-order valence-electron chi connectivity index (χ2n) is 2.79. The van der Waals surface area contributed by atoms with Crippen LogP contribution < -0.4 is 0 Å². The number of hydrogen-bond acceptors (Lipinski definition) is 1. The predicted octanol–water partition coefficient (Wildman–Crippen LogP) is 3.49. The van der Waals surface area contributed by atoms with Gasteiger partial charge in [-0.05, 0) is 34.5 Å². The Kier molecular flexibility index (Phi) is 4.83. The summed E-state index contributed by atoms with van der Waals surface area (Å²) >= 11 is 3.42. The van der Waals surface area contributed by atoms with Crippen molar-refractivity contribution in [3.63, 3.8) is 0 Å². The number of nitrogens with zero attached hydrogens (tertiary/aromatic N) is 1. The van der Waals surface area contributed by atoms with Gasteiger partial charge < -0.3 is 0 Å². The van der Waals surface area contributed by atoms with E-state index in [2.05, 4.69) is 33.8 Å². The Labute approximate surface area is 92.9 Å². The number of unbranched alkanes of at least 4 members (excludes halogenated alkanes) is 2. The van der Waals surface area contributed by atoms with Gasteiger partial charge in [-0.15, -0.1) is 0 Å². The summed E-state index contributed by atoms with van der Waals surface area (Å²) in [6, 6.07) is 9.97. The minimum atomic E-state index is 0.588. The van der Waals surface area contributed by atoms with Gasteiger partial charge in [0, 0.05) is 22.9 Å². The Hall–Kier alpha value is -1.25. The smallest absolute Gasteiger partial charge is 0.0622 e. The summed E-state index contributed by atoms with van der Waals surface area (Å²) in [5, 5.41) is 8.32. The molecule has 0 amide bonds. The van der Waals surface area contributed by atoms with Gasteiger partial charge in [0.15, 0.2) is 0 Å². The van der Waals surface area contributed by atoms with Crippen molar-refractivity contribution in [1.82, 2.24) is 0 Å². The number of hydrogen-bond donors (Lipinski definition) is 0. The highest BCUT2D eigenvalue weighted by Gasteiger charge is 1.91. The van der Waals surface area contributed by atoms with Crippen LogP contribution in [0.5, 0.6) is 0 Å². The van der Waals surface area contributed by atoms with Gasteiger partial charge in [-0.2, -0.15) is 5.26 Å². The SMILES string of the molecule is N#CCCCC#Cc1ccccc1Br. The molecule has 0 saturated carbocycles. The quantitative estimate of drug-likeness (QED) is 0.580. The van der Waals surface area contributed by atoms with Gasteiger partial charge in [-0.3, -0.25) is 0 Å². The van der Waals surface area contributed by atoms with Crippen LogP contribution in [-0.4, -0.2) is 0 Å². The molecule has 0 spiro atoms. The van der Waals surface area contributed by atoms with Crippen LogP contribution in [0, 0.1) is 23.2 Å². The van der Waals surface area contributed by atoms with E-state index in [-0.39, 0.29) is 0 Å². The van der Waals surface area contributed by atoms with E-state index < -0.39 is 0 Å². The lowest BCUT2D eigenvalue weighted by Gasteiger charge is -1.92. The zero-order chi connectivity index (χ0) is 10.2. The molecule has 0 aliphatic carbocycles. The lowest BCUT2D eigenvalue weighted by molar-refractivity contribution is 0.894. The largest absolute Gasteiger partial charge is 0.198 e. The van der Waals surface area contributed by atoms with Crippen LogP contribution in [0.25, 0.3) is 0 Å². The summed E-state index contributed by atoms with van der Waals surface area (Å²) in [6.07, 6.45) is 2.23. The Morgan fingerprint density at radius 1 is 1.21 bits per heavy atom. The molecule has 0 aliphatic heterocycles. The van der Waals surface area contributed by atoms with E-state index in [0.717, 1.165) is 22.9 Å². The molecule has 1 aromatic carbocycles. The third-order valence-electron chi connectivity index (χ3n) is 1.69. The van der Waals surface area contributed by atoms with Gasteiger partial charge in [0.25, 0.3) is 0 Å². The van der Waals surface area contributed by atoms with E-state index in [4.69, 9.17) is 5.26 Å². The average molecular weight is 248 g/mol. The second-order valence-corrected chi connectivity index (χ2v) is 3.65. The van der Waals surface area contributed by atoms with Crippen molar-refractivity contribution < 1.29 is 0 Å². The van der Waals surface area contributed by atoms with Crippen molar-refractivity contribution in [2.75, 3.05) is 0 Å². The monoisotopic (exact) mass is 247 g/mol. The zero-order valence-electron chi connectivity index (χ0n) is 7.76. The maximum absolute atomic E-state index is 8.32. The van der Waals surface area contributed by atoms with E-state index in [0.29, 0.717) is 6.42 Å². The highest BCUT2D eigenvalue weighted by molar-refractivity contribution is 9.10. The molecule has 0 heterocycles. The van der Waals surface area contributed by atoms with E-state index in [1.54, 1.807) is 0 Å². The van der Waals surface area contributed by atoms with Crippen molar-refractivity contribution >= 4 is 15.9 Å². The lowest BCUT2D eigenvalue weighted by Crippen LogP contribution is -1.76. The first-order valence-electron chi connectivity index (χ1n) is 4.45. The predicted molar refractivity (Wildman–Crippen MR) is 60.5 cm³/mol. The van der Waals surface area contributed by atoms with Crippen molar-refractivity contribution in [1.29, 1.82) is 5.26 Å². The summed E-state index contributed by atoms with van der Waals surface area (Å²) in [4.78, 5) is 0. The molecule has 0 atom stereocenters. The maximum atomic E-state index is 8.32. The summed E-state index contributed by atoms with van der Waals surface area (Å²) in [7, 11) is 0. The normalized spacial score (nSPS) is 8.57. The van der Waals surface area contributed by atoms with Gasteiger partial charge in [0.2, 0.25) is 0 Å². The van der Waals surface area contributed by atoms with Gasteiger partial charge in [-0.1, -0.05) is 24.0 Å². The third-order valence-corrected chi connectivity index (χ3v) is 2.38. The molecule has 1 rings (SSSR count). The summed E-state index contributed by atoms with van der Waals surface area (Å²) < 4.78 is 1.02. The van der Waals surface area contributed by atoms with Crippen LogP contribution in [0.3, 0.4) is 0 Å². The fourth-order valence-electron chi connectivity index (χ4n) is 0.976. The van der Waals surface area contributed by atoms with E-state index in [9.17, 15) is 0 Å². The number of rotatable bonds is 2. The molecular formula is C12H10BrN. The van der Waals surface area contributed by atoms with Crippen molar-refractivity contribution in [3.8, 4) is 17.9 Å². The number of benzene rings is 1. The molecule has 0 N–H and O–H groups in total. The van der Waals surface area contributed by atoms with Gasteiger partial charge in [0.05, 0.1) is 6.07 Å². The Morgan fingerprint density at radius 2 is 2.00 bits per heavy atom.